The van der Waals surface area contributed by atoms with Crippen LogP contribution in [-0.2, 0) is 24.4 Å². The minimum absolute atomic E-state index is 0. The number of ether oxygens (including phenoxy) is 1. The molecule has 2 aromatic heterocycles. The van der Waals surface area contributed by atoms with Gasteiger partial charge in [0.15, 0.2) is 5.96 Å². The first-order valence-electron chi connectivity index (χ1n) is 10.0. The molecule has 0 radical (unpaired) electrons. The number of aromatic nitrogens is 2. The van der Waals surface area contributed by atoms with E-state index in [0.717, 1.165) is 43.3 Å². The van der Waals surface area contributed by atoms with Crippen LogP contribution >= 0.6 is 24.0 Å². The van der Waals surface area contributed by atoms with E-state index in [0.29, 0.717) is 19.8 Å². The average molecular weight is 523 g/mol. The molecule has 0 aliphatic rings. The number of halogens is 1. The summed E-state index contributed by atoms with van der Waals surface area (Å²) < 4.78 is 12.8. The van der Waals surface area contributed by atoms with E-state index < -0.39 is 0 Å². The quantitative estimate of drug-likeness (QED) is 0.173. The van der Waals surface area contributed by atoms with Crippen LogP contribution < -0.4 is 10.6 Å². The molecule has 3 aromatic rings. The molecule has 0 aliphatic heterocycles. The summed E-state index contributed by atoms with van der Waals surface area (Å²) in [4.78, 5) is 4.65. The maximum Gasteiger partial charge on any atom is 0.191 e. The molecule has 0 fully saturated rings. The van der Waals surface area contributed by atoms with Crippen molar-refractivity contribution in [1.29, 1.82) is 0 Å². The Balaban J connectivity index is 0.00000320. The van der Waals surface area contributed by atoms with Gasteiger partial charge in [-0.1, -0.05) is 30.3 Å². The summed E-state index contributed by atoms with van der Waals surface area (Å²) in [5, 5.41) is 11.0. The summed E-state index contributed by atoms with van der Waals surface area (Å²) in [6.45, 7) is 6.18. The van der Waals surface area contributed by atoms with Crippen LogP contribution in [0.1, 0.15) is 30.2 Å². The van der Waals surface area contributed by atoms with Gasteiger partial charge in [0.2, 0.25) is 0 Å². The lowest BCUT2D eigenvalue weighted by molar-refractivity contribution is 0.105. The number of hydrogen-bond donors (Lipinski definition) is 2. The number of nitrogens with zero attached hydrogens (tertiary/aromatic N) is 3. The Morgan fingerprint density at radius 1 is 1.13 bits per heavy atom. The number of guanidine groups is 1. The highest BCUT2D eigenvalue weighted by atomic mass is 127. The van der Waals surface area contributed by atoms with E-state index in [1.807, 2.05) is 47.4 Å². The van der Waals surface area contributed by atoms with Crippen molar-refractivity contribution in [2.45, 2.75) is 33.0 Å². The van der Waals surface area contributed by atoms with Gasteiger partial charge in [-0.15, -0.1) is 24.0 Å². The second-order valence-corrected chi connectivity index (χ2v) is 6.64. The summed E-state index contributed by atoms with van der Waals surface area (Å²) >= 11 is 0. The van der Waals surface area contributed by atoms with Gasteiger partial charge in [-0.25, -0.2) is 4.99 Å². The second-order valence-electron chi connectivity index (χ2n) is 6.64. The van der Waals surface area contributed by atoms with Crippen molar-refractivity contribution in [2.24, 2.45) is 4.99 Å². The molecule has 8 heteroatoms. The van der Waals surface area contributed by atoms with Gasteiger partial charge >= 0.3 is 0 Å². The van der Waals surface area contributed by atoms with Gasteiger partial charge in [-0.2, -0.15) is 5.10 Å². The van der Waals surface area contributed by atoms with Crippen LogP contribution in [0.5, 0.6) is 0 Å². The molecule has 0 saturated heterocycles. The van der Waals surface area contributed by atoms with E-state index in [9.17, 15) is 0 Å². The van der Waals surface area contributed by atoms with Gasteiger partial charge in [0, 0.05) is 31.5 Å². The van der Waals surface area contributed by atoms with Gasteiger partial charge in [-0.05, 0) is 31.0 Å². The van der Waals surface area contributed by atoms with Gasteiger partial charge in [-0.3, -0.25) is 4.68 Å². The first kappa shape index (κ1) is 23.9. The molecule has 0 aliphatic carbocycles. The average Bonchev–Trinajstić information content (AvgIpc) is 3.41. The fourth-order valence-corrected chi connectivity index (χ4v) is 2.81. The van der Waals surface area contributed by atoms with E-state index in [4.69, 9.17) is 9.15 Å². The number of benzene rings is 1. The minimum Gasteiger partial charge on any atom is -0.467 e. The first-order valence-corrected chi connectivity index (χ1v) is 10.0. The number of rotatable bonds is 11. The molecular weight excluding hydrogens is 493 g/mol. The van der Waals surface area contributed by atoms with Gasteiger partial charge in [0.05, 0.1) is 25.5 Å². The summed E-state index contributed by atoms with van der Waals surface area (Å²) in [5.74, 6) is 1.65. The van der Waals surface area contributed by atoms with Crippen molar-refractivity contribution in [1.82, 2.24) is 20.4 Å². The van der Waals surface area contributed by atoms with Crippen molar-refractivity contribution in [3.05, 3.63) is 78.0 Å². The highest BCUT2D eigenvalue weighted by molar-refractivity contribution is 14.0. The van der Waals surface area contributed by atoms with Crippen LogP contribution in [0.25, 0.3) is 0 Å². The lowest BCUT2D eigenvalue weighted by Crippen LogP contribution is -2.38. The Kier molecular flexibility index (Phi) is 11.0. The van der Waals surface area contributed by atoms with Gasteiger partial charge < -0.3 is 19.8 Å². The number of aliphatic imine (C=N–C) groups is 1. The van der Waals surface area contributed by atoms with Crippen molar-refractivity contribution in [3.8, 4) is 0 Å². The number of hydrogen-bond acceptors (Lipinski definition) is 4. The Bertz CT molecular complexity index is 850. The highest BCUT2D eigenvalue weighted by Crippen LogP contribution is 2.05. The Labute approximate surface area is 194 Å². The molecule has 1 aromatic carbocycles. The molecule has 7 nitrogen and oxygen atoms in total. The largest absolute Gasteiger partial charge is 0.467 e. The third-order valence-corrected chi connectivity index (χ3v) is 4.22. The van der Waals surface area contributed by atoms with E-state index in [2.05, 4.69) is 39.8 Å². The Morgan fingerprint density at radius 2 is 2.00 bits per heavy atom. The molecule has 2 N–H and O–H groups in total. The third kappa shape index (κ3) is 8.58. The summed E-state index contributed by atoms with van der Waals surface area (Å²) in [7, 11) is 0. The molecule has 0 unspecified atom stereocenters. The second kappa shape index (κ2) is 13.8. The standard InChI is InChI=1S/C22H29N5O2.HI/c1-2-23-22(24-11-7-12-28-18-21-10-6-13-29-21)25-14-20-15-26-27(17-20)16-19-8-4-3-5-9-19;/h3-6,8-10,13,15,17H,2,7,11-12,14,16,18H2,1H3,(H2,23,24,25);1H. The van der Waals surface area contributed by atoms with Crippen molar-refractivity contribution < 1.29 is 9.15 Å². The lowest BCUT2D eigenvalue weighted by Gasteiger charge is -2.11. The molecular formula is C22H30IN5O2. The van der Waals surface area contributed by atoms with Crippen LogP contribution in [0.2, 0.25) is 0 Å². The maximum atomic E-state index is 5.60. The SMILES string of the molecule is CCNC(=NCc1cnn(Cc2ccccc2)c1)NCCCOCc1ccco1.I. The minimum atomic E-state index is 0. The maximum absolute atomic E-state index is 5.60. The van der Waals surface area contributed by atoms with Crippen LogP contribution in [0.4, 0.5) is 0 Å². The third-order valence-electron chi connectivity index (χ3n) is 4.22. The monoisotopic (exact) mass is 523 g/mol. The molecule has 0 atom stereocenters. The number of nitrogens with one attached hydrogen (secondary N) is 2. The van der Waals surface area contributed by atoms with E-state index >= 15 is 0 Å². The normalized spacial score (nSPS) is 11.2. The molecule has 0 amide bonds. The summed E-state index contributed by atoms with van der Waals surface area (Å²) in [6.07, 6.45) is 6.46. The van der Waals surface area contributed by atoms with E-state index in [-0.39, 0.29) is 24.0 Å². The van der Waals surface area contributed by atoms with E-state index in [1.165, 1.54) is 5.56 Å². The topological polar surface area (TPSA) is 76.6 Å². The first-order chi connectivity index (χ1) is 14.3. The van der Waals surface area contributed by atoms with Crippen LogP contribution in [-0.4, -0.2) is 35.4 Å². The zero-order valence-corrected chi connectivity index (χ0v) is 19.6. The van der Waals surface area contributed by atoms with Crippen LogP contribution in [0.3, 0.4) is 0 Å². The van der Waals surface area contributed by atoms with Crippen molar-refractivity contribution >= 4 is 29.9 Å². The number of furan rings is 1. The molecule has 0 saturated carbocycles. The molecule has 162 valence electrons. The Hall–Kier alpha value is -2.33. The lowest BCUT2D eigenvalue weighted by atomic mass is 10.2. The summed E-state index contributed by atoms with van der Waals surface area (Å²) in [5.41, 5.74) is 2.31. The van der Waals surface area contributed by atoms with Gasteiger partial charge in [0.25, 0.3) is 0 Å². The van der Waals surface area contributed by atoms with Crippen LogP contribution in [0.15, 0.2) is 70.5 Å². The van der Waals surface area contributed by atoms with E-state index in [1.54, 1.807) is 6.26 Å². The molecule has 30 heavy (non-hydrogen) atoms. The molecule has 0 spiro atoms. The fourth-order valence-electron chi connectivity index (χ4n) is 2.81. The molecule has 3 rings (SSSR count). The van der Waals surface area contributed by atoms with Gasteiger partial charge in [0.1, 0.15) is 12.4 Å². The molecule has 0 bridgehead atoms. The van der Waals surface area contributed by atoms with Crippen LogP contribution in [0, 0.1) is 0 Å². The van der Waals surface area contributed by atoms with Crippen molar-refractivity contribution in [2.75, 3.05) is 19.7 Å². The molecule has 2 heterocycles. The predicted octanol–water partition coefficient (Wildman–Crippen LogP) is 3.80. The predicted molar refractivity (Wildman–Crippen MR) is 129 cm³/mol. The zero-order valence-electron chi connectivity index (χ0n) is 17.3. The summed E-state index contributed by atoms with van der Waals surface area (Å²) in [6, 6.07) is 14.1. The van der Waals surface area contributed by atoms with Crippen molar-refractivity contribution in [3.63, 3.8) is 0 Å². The zero-order chi connectivity index (χ0) is 20.2. The fraction of sp³-hybridized carbons (Fsp3) is 0.364. The Morgan fingerprint density at radius 3 is 2.77 bits per heavy atom. The smallest absolute Gasteiger partial charge is 0.191 e. The highest BCUT2D eigenvalue weighted by Gasteiger charge is 2.02.